The molecule has 0 spiro atoms. The molecule has 0 fully saturated rings. The van der Waals surface area contributed by atoms with Crippen molar-refractivity contribution in [1.29, 1.82) is 0 Å². The number of carbonyl (C=O) groups excluding carboxylic acids is 1. The number of aliphatic imine (C=N–C) groups is 1. The fraction of sp³-hybridized carbons (Fsp3) is 0.143. The molecule has 0 radical (unpaired) electrons. The third kappa shape index (κ3) is 3.41. The van der Waals surface area contributed by atoms with Gasteiger partial charge in [-0.25, -0.2) is 0 Å². The van der Waals surface area contributed by atoms with Gasteiger partial charge in [-0.1, -0.05) is 12.7 Å². The maximum atomic E-state index is 10.0. The molecule has 0 saturated heterocycles. The van der Waals surface area contributed by atoms with Crippen molar-refractivity contribution < 1.29 is 4.79 Å². The van der Waals surface area contributed by atoms with Crippen LogP contribution < -0.4 is 0 Å². The van der Waals surface area contributed by atoms with Crippen molar-refractivity contribution in [1.82, 2.24) is 0 Å². The summed E-state index contributed by atoms with van der Waals surface area (Å²) < 4.78 is 0. The summed E-state index contributed by atoms with van der Waals surface area (Å²) in [6.45, 7) is 5.19. The molecule has 0 aliphatic rings. The SMILES string of the molecule is C=C/C(C=O)=C\N=C\C. The van der Waals surface area contributed by atoms with E-state index in [4.69, 9.17) is 0 Å². The summed E-state index contributed by atoms with van der Waals surface area (Å²) in [5.74, 6) is 0. The largest absolute Gasteiger partial charge is 0.298 e. The fourth-order valence-electron chi connectivity index (χ4n) is 0.292. The van der Waals surface area contributed by atoms with Gasteiger partial charge >= 0.3 is 0 Å². The Hall–Kier alpha value is -1.18. The van der Waals surface area contributed by atoms with Gasteiger partial charge in [0.05, 0.1) is 0 Å². The first kappa shape index (κ1) is 7.82. The lowest BCUT2D eigenvalue weighted by atomic mass is 10.3. The number of aldehydes is 1. The van der Waals surface area contributed by atoms with Crippen LogP contribution in [-0.2, 0) is 4.79 Å². The average molecular weight is 123 g/mol. The minimum absolute atomic E-state index is 0.494. The predicted octanol–water partition coefficient (Wildman–Crippen LogP) is 1.35. The normalized spacial score (nSPS) is 11.9. The highest BCUT2D eigenvalue weighted by atomic mass is 16.1. The molecule has 0 heterocycles. The van der Waals surface area contributed by atoms with Crippen molar-refractivity contribution in [3.63, 3.8) is 0 Å². The topological polar surface area (TPSA) is 29.4 Å². The molecule has 0 aromatic heterocycles. The molecule has 48 valence electrons. The van der Waals surface area contributed by atoms with Gasteiger partial charge in [-0.3, -0.25) is 9.79 Å². The van der Waals surface area contributed by atoms with Crippen LogP contribution in [0.3, 0.4) is 0 Å². The zero-order valence-electron chi connectivity index (χ0n) is 5.37. The highest BCUT2D eigenvalue weighted by molar-refractivity contribution is 5.77. The Bertz CT molecular complexity index is 146. The van der Waals surface area contributed by atoms with Crippen molar-refractivity contribution in [3.05, 3.63) is 24.4 Å². The summed E-state index contributed by atoms with van der Waals surface area (Å²) in [6.07, 6.45) is 5.23. The molecule has 2 nitrogen and oxygen atoms in total. The van der Waals surface area contributed by atoms with E-state index in [1.807, 2.05) is 0 Å². The quantitative estimate of drug-likeness (QED) is 0.241. The monoisotopic (exact) mass is 123 g/mol. The molecule has 0 atom stereocenters. The van der Waals surface area contributed by atoms with Gasteiger partial charge in [-0.15, -0.1) is 0 Å². The van der Waals surface area contributed by atoms with Gasteiger partial charge in [0, 0.05) is 18.0 Å². The molecule has 0 N–H and O–H groups in total. The maximum Gasteiger partial charge on any atom is 0.151 e. The lowest BCUT2D eigenvalue weighted by molar-refractivity contribution is -0.104. The van der Waals surface area contributed by atoms with Crippen LogP contribution in [0.4, 0.5) is 0 Å². The maximum absolute atomic E-state index is 10.0. The Morgan fingerprint density at radius 2 is 2.33 bits per heavy atom. The third-order valence-electron chi connectivity index (χ3n) is 0.744. The van der Waals surface area contributed by atoms with E-state index in [0.29, 0.717) is 11.9 Å². The zero-order valence-corrected chi connectivity index (χ0v) is 5.37. The molecular weight excluding hydrogens is 114 g/mol. The van der Waals surface area contributed by atoms with Gasteiger partial charge < -0.3 is 0 Å². The summed E-state index contributed by atoms with van der Waals surface area (Å²) in [5, 5.41) is 0. The summed E-state index contributed by atoms with van der Waals surface area (Å²) in [5.41, 5.74) is 0.494. The van der Waals surface area contributed by atoms with Gasteiger partial charge in [-0.2, -0.15) is 0 Å². The highest BCUT2D eigenvalue weighted by Gasteiger charge is 1.80. The van der Waals surface area contributed by atoms with E-state index in [-0.39, 0.29) is 0 Å². The molecule has 0 bridgehead atoms. The van der Waals surface area contributed by atoms with Gasteiger partial charge in [0.1, 0.15) is 0 Å². The van der Waals surface area contributed by atoms with Gasteiger partial charge in [0.2, 0.25) is 0 Å². The molecule has 0 saturated carbocycles. The van der Waals surface area contributed by atoms with Crippen molar-refractivity contribution in [2.75, 3.05) is 0 Å². The number of nitrogens with zero attached hydrogens (tertiary/aromatic N) is 1. The Balaban J connectivity index is 4.06. The molecule has 0 aliphatic carbocycles. The van der Waals surface area contributed by atoms with Crippen molar-refractivity contribution in [3.8, 4) is 0 Å². The molecule has 0 aliphatic heterocycles. The van der Waals surface area contributed by atoms with Crippen LogP contribution in [0, 0.1) is 0 Å². The molecule has 0 amide bonds. The van der Waals surface area contributed by atoms with Crippen LogP contribution in [0.1, 0.15) is 6.92 Å². The lowest BCUT2D eigenvalue weighted by Gasteiger charge is -1.80. The molecular formula is C7H9NO. The second kappa shape index (κ2) is 4.97. The van der Waals surface area contributed by atoms with Crippen molar-refractivity contribution in [2.45, 2.75) is 6.92 Å². The first-order valence-electron chi connectivity index (χ1n) is 2.60. The number of carbonyl (C=O) groups is 1. The smallest absolute Gasteiger partial charge is 0.151 e. The minimum atomic E-state index is 0.494. The van der Waals surface area contributed by atoms with Crippen LogP contribution in [0.2, 0.25) is 0 Å². The number of hydrogen-bond acceptors (Lipinski definition) is 2. The number of allylic oxidation sites excluding steroid dienone is 2. The Morgan fingerprint density at radius 3 is 2.67 bits per heavy atom. The minimum Gasteiger partial charge on any atom is -0.298 e. The van der Waals surface area contributed by atoms with E-state index < -0.39 is 0 Å². The molecule has 0 unspecified atom stereocenters. The van der Waals surface area contributed by atoms with Crippen molar-refractivity contribution >= 4 is 12.5 Å². The van der Waals surface area contributed by atoms with E-state index in [2.05, 4.69) is 11.6 Å². The molecule has 9 heavy (non-hydrogen) atoms. The summed E-state index contributed by atoms with van der Waals surface area (Å²) in [4.78, 5) is 13.8. The molecule has 2 heteroatoms. The second-order valence-corrected chi connectivity index (χ2v) is 1.36. The Kier molecular flexibility index (Phi) is 4.32. The lowest BCUT2D eigenvalue weighted by Crippen LogP contribution is -1.74. The Labute approximate surface area is 54.6 Å². The van der Waals surface area contributed by atoms with Crippen LogP contribution in [0.5, 0.6) is 0 Å². The van der Waals surface area contributed by atoms with Crippen LogP contribution in [0.25, 0.3) is 0 Å². The van der Waals surface area contributed by atoms with Crippen molar-refractivity contribution in [2.24, 2.45) is 4.99 Å². The zero-order chi connectivity index (χ0) is 7.11. The standard InChI is InChI=1S/C7H9NO/c1-3-7(6-9)5-8-4-2/h3-6H,1H2,2H3/b7-5+,8-4+. The first-order valence-corrected chi connectivity index (χ1v) is 2.60. The second-order valence-electron chi connectivity index (χ2n) is 1.36. The first-order chi connectivity index (χ1) is 4.35. The van der Waals surface area contributed by atoms with E-state index in [1.54, 1.807) is 13.1 Å². The van der Waals surface area contributed by atoms with Gasteiger partial charge in [-0.05, 0) is 6.92 Å². The molecule has 0 rings (SSSR count). The summed E-state index contributed by atoms with van der Waals surface area (Å²) in [7, 11) is 0. The van der Waals surface area contributed by atoms with Crippen LogP contribution in [0.15, 0.2) is 29.4 Å². The number of hydrogen-bond donors (Lipinski definition) is 0. The summed E-state index contributed by atoms with van der Waals surface area (Å²) in [6, 6.07) is 0. The molecule has 0 aromatic rings. The van der Waals surface area contributed by atoms with E-state index in [0.717, 1.165) is 0 Å². The summed E-state index contributed by atoms with van der Waals surface area (Å²) >= 11 is 0. The van der Waals surface area contributed by atoms with Crippen LogP contribution in [-0.4, -0.2) is 12.5 Å². The third-order valence-corrected chi connectivity index (χ3v) is 0.744. The predicted molar refractivity (Wildman–Crippen MR) is 38.5 cm³/mol. The number of rotatable bonds is 3. The Morgan fingerprint density at radius 1 is 1.67 bits per heavy atom. The highest BCUT2D eigenvalue weighted by Crippen LogP contribution is 1.88. The van der Waals surface area contributed by atoms with Gasteiger partial charge in [0.15, 0.2) is 6.29 Å². The average Bonchev–Trinajstić information content (AvgIpc) is 1.91. The van der Waals surface area contributed by atoms with Gasteiger partial charge in [0.25, 0.3) is 0 Å². The van der Waals surface area contributed by atoms with E-state index in [1.165, 1.54) is 12.3 Å². The van der Waals surface area contributed by atoms with E-state index >= 15 is 0 Å². The molecule has 0 aromatic carbocycles. The fourth-order valence-corrected chi connectivity index (χ4v) is 0.292. The van der Waals surface area contributed by atoms with Crippen LogP contribution >= 0.6 is 0 Å². The van der Waals surface area contributed by atoms with E-state index in [9.17, 15) is 4.79 Å².